The molecule has 0 aliphatic rings. The second kappa shape index (κ2) is 4.60. The number of nitrogens with one attached hydrogen (secondary N) is 2. The lowest BCUT2D eigenvalue weighted by molar-refractivity contribution is -0.385. The lowest BCUT2D eigenvalue weighted by Gasteiger charge is -2.05. The third-order valence-electron chi connectivity index (χ3n) is 2.33. The van der Waals surface area contributed by atoms with Gasteiger partial charge in [0, 0.05) is 17.3 Å². The molecule has 2 rings (SSSR count). The molecule has 88 valence electrons. The number of hydrogen-bond acceptors (Lipinski definition) is 5. The zero-order valence-corrected chi connectivity index (χ0v) is 9.17. The molecule has 7 nitrogen and oxygen atoms in total. The molecule has 0 bridgehead atoms. The number of aromatic amines is 1. The number of anilines is 1. The largest absolute Gasteiger partial charge is 0.378 e. The smallest absolute Gasteiger partial charge is 0.274 e. The third-order valence-corrected chi connectivity index (χ3v) is 2.33. The zero-order chi connectivity index (χ0) is 12.3. The summed E-state index contributed by atoms with van der Waals surface area (Å²) < 4.78 is 0. The highest BCUT2D eigenvalue weighted by molar-refractivity contribution is 5.54. The fourth-order valence-corrected chi connectivity index (χ4v) is 1.42. The van der Waals surface area contributed by atoms with Gasteiger partial charge in [-0.3, -0.25) is 15.2 Å². The average molecular weight is 233 g/mol. The summed E-state index contributed by atoms with van der Waals surface area (Å²) in [6, 6.07) is 5.01. The number of aromatic nitrogens is 3. The van der Waals surface area contributed by atoms with E-state index in [4.69, 9.17) is 0 Å². The van der Waals surface area contributed by atoms with Crippen LogP contribution in [0, 0.1) is 17.0 Å². The highest BCUT2D eigenvalue weighted by atomic mass is 16.6. The molecule has 0 atom stereocenters. The van der Waals surface area contributed by atoms with Gasteiger partial charge in [0.2, 0.25) is 0 Å². The van der Waals surface area contributed by atoms with E-state index < -0.39 is 4.92 Å². The Labute approximate surface area is 97.0 Å². The van der Waals surface area contributed by atoms with Crippen LogP contribution in [0.4, 0.5) is 11.4 Å². The van der Waals surface area contributed by atoms with Crippen molar-refractivity contribution < 1.29 is 4.92 Å². The number of rotatable bonds is 4. The first kappa shape index (κ1) is 11.1. The standard InChI is InChI=1S/C10H11N5O2/c1-7-2-3-8(4-9(7)15(16)17)11-5-10-12-6-13-14-10/h2-4,6,11H,5H2,1H3,(H,12,13,14). The molecule has 7 heteroatoms. The summed E-state index contributed by atoms with van der Waals surface area (Å²) >= 11 is 0. The first-order chi connectivity index (χ1) is 8.16. The highest BCUT2D eigenvalue weighted by Crippen LogP contribution is 2.22. The molecule has 0 saturated heterocycles. The highest BCUT2D eigenvalue weighted by Gasteiger charge is 2.10. The van der Waals surface area contributed by atoms with Crippen molar-refractivity contribution in [2.24, 2.45) is 0 Å². The van der Waals surface area contributed by atoms with Crippen molar-refractivity contribution in [2.45, 2.75) is 13.5 Å². The van der Waals surface area contributed by atoms with Gasteiger partial charge in [0.05, 0.1) is 11.5 Å². The normalized spacial score (nSPS) is 10.2. The predicted molar refractivity (Wildman–Crippen MR) is 61.5 cm³/mol. The molecule has 0 amide bonds. The lowest BCUT2D eigenvalue weighted by atomic mass is 10.2. The van der Waals surface area contributed by atoms with E-state index in [0.717, 1.165) is 0 Å². The molecule has 1 heterocycles. The molecule has 1 aromatic carbocycles. The third kappa shape index (κ3) is 2.57. The second-order valence-corrected chi connectivity index (χ2v) is 3.54. The van der Waals surface area contributed by atoms with Crippen molar-refractivity contribution in [2.75, 3.05) is 5.32 Å². The Bertz CT molecular complexity index is 523. The molecule has 0 unspecified atom stereocenters. The van der Waals surface area contributed by atoms with E-state index in [-0.39, 0.29) is 5.69 Å². The van der Waals surface area contributed by atoms with E-state index in [9.17, 15) is 10.1 Å². The summed E-state index contributed by atoms with van der Waals surface area (Å²) in [6.07, 6.45) is 1.41. The number of nitrogens with zero attached hydrogens (tertiary/aromatic N) is 3. The molecular formula is C10H11N5O2. The predicted octanol–water partition coefficient (Wildman–Crippen LogP) is 1.63. The quantitative estimate of drug-likeness (QED) is 0.618. The van der Waals surface area contributed by atoms with Crippen molar-refractivity contribution >= 4 is 11.4 Å². The molecule has 0 aliphatic carbocycles. The van der Waals surface area contributed by atoms with Crippen molar-refractivity contribution in [3.63, 3.8) is 0 Å². The lowest BCUT2D eigenvalue weighted by Crippen LogP contribution is -2.02. The van der Waals surface area contributed by atoms with Gasteiger partial charge in [0.25, 0.3) is 5.69 Å². The minimum Gasteiger partial charge on any atom is -0.378 e. The van der Waals surface area contributed by atoms with Crippen LogP contribution in [-0.2, 0) is 6.54 Å². The average Bonchev–Trinajstić information content (AvgIpc) is 2.80. The van der Waals surface area contributed by atoms with E-state index in [0.29, 0.717) is 23.6 Å². The molecular weight excluding hydrogens is 222 g/mol. The van der Waals surface area contributed by atoms with Crippen LogP contribution in [0.15, 0.2) is 24.5 Å². The van der Waals surface area contributed by atoms with Crippen molar-refractivity contribution in [3.05, 3.63) is 46.0 Å². The molecule has 2 aromatic rings. The molecule has 0 fully saturated rings. The zero-order valence-electron chi connectivity index (χ0n) is 9.17. The SMILES string of the molecule is Cc1ccc(NCc2ncn[nH]2)cc1[N+](=O)[O-]. The minimum absolute atomic E-state index is 0.104. The minimum atomic E-state index is -0.394. The summed E-state index contributed by atoms with van der Waals surface area (Å²) in [5.41, 5.74) is 1.42. The Morgan fingerprint density at radius 1 is 1.53 bits per heavy atom. The fourth-order valence-electron chi connectivity index (χ4n) is 1.42. The molecule has 0 spiro atoms. The molecule has 2 N–H and O–H groups in total. The maximum Gasteiger partial charge on any atom is 0.274 e. The van der Waals surface area contributed by atoms with E-state index in [1.165, 1.54) is 12.4 Å². The van der Waals surface area contributed by atoms with Crippen LogP contribution in [0.3, 0.4) is 0 Å². The summed E-state index contributed by atoms with van der Waals surface area (Å²) in [4.78, 5) is 14.3. The van der Waals surface area contributed by atoms with Crippen molar-refractivity contribution in [1.82, 2.24) is 15.2 Å². The first-order valence-corrected chi connectivity index (χ1v) is 5.00. The van der Waals surface area contributed by atoms with Gasteiger partial charge >= 0.3 is 0 Å². The fraction of sp³-hybridized carbons (Fsp3) is 0.200. The molecule has 1 aromatic heterocycles. The van der Waals surface area contributed by atoms with Crippen LogP contribution in [0.2, 0.25) is 0 Å². The maximum absolute atomic E-state index is 10.8. The Balaban J connectivity index is 2.11. The first-order valence-electron chi connectivity index (χ1n) is 5.00. The van der Waals surface area contributed by atoms with Gasteiger partial charge in [0.15, 0.2) is 0 Å². The van der Waals surface area contributed by atoms with Gasteiger partial charge < -0.3 is 5.32 Å². The molecule has 0 aliphatic heterocycles. The summed E-state index contributed by atoms with van der Waals surface area (Å²) in [5.74, 6) is 0.674. The van der Waals surface area contributed by atoms with Gasteiger partial charge in [-0.2, -0.15) is 5.10 Å². The Hall–Kier alpha value is -2.44. The maximum atomic E-state index is 10.8. The van der Waals surface area contributed by atoms with Gasteiger partial charge in [0.1, 0.15) is 12.2 Å². The van der Waals surface area contributed by atoms with Crippen molar-refractivity contribution in [3.8, 4) is 0 Å². The van der Waals surface area contributed by atoms with Crippen molar-refractivity contribution in [1.29, 1.82) is 0 Å². The number of benzene rings is 1. The number of nitro groups is 1. The molecule has 17 heavy (non-hydrogen) atoms. The van der Waals surface area contributed by atoms with Gasteiger partial charge in [-0.1, -0.05) is 6.07 Å². The summed E-state index contributed by atoms with van der Waals surface area (Å²) in [6.45, 7) is 2.15. The monoisotopic (exact) mass is 233 g/mol. The number of aryl methyl sites for hydroxylation is 1. The van der Waals surface area contributed by atoms with E-state index in [2.05, 4.69) is 20.5 Å². The van der Waals surface area contributed by atoms with Gasteiger partial charge in [-0.15, -0.1) is 0 Å². The Kier molecular flexibility index (Phi) is 2.99. The van der Waals surface area contributed by atoms with Crippen LogP contribution in [0.1, 0.15) is 11.4 Å². The van der Waals surface area contributed by atoms with Crippen LogP contribution in [0.5, 0.6) is 0 Å². The number of hydrogen-bond donors (Lipinski definition) is 2. The summed E-state index contributed by atoms with van der Waals surface area (Å²) in [5, 5.41) is 20.2. The van der Waals surface area contributed by atoms with E-state index in [1.807, 2.05) is 0 Å². The van der Waals surface area contributed by atoms with E-state index in [1.54, 1.807) is 19.1 Å². The van der Waals surface area contributed by atoms with E-state index >= 15 is 0 Å². The summed E-state index contributed by atoms with van der Waals surface area (Å²) in [7, 11) is 0. The Morgan fingerprint density at radius 2 is 2.35 bits per heavy atom. The molecule has 0 radical (unpaired) electrons. The van der Waals surface area contributed by atoms with Crippen LogP contribution in [-0.4, -0.2) is 20.1 Å². The molecule has 0 saturated carbocycles. The Morgan fingerprint density at radius 3 is 3.00 bits per heavy atom. The number of H-pyrrole nitrogens is 1. The van der Waals surface area contributed by atoms with Crippen LogP contribution in [0.25, 0.3) is 0 Å². The van der Waals surface area contributed by atoms with Gasteiger partial charge in [-0.25, -0.2) is 4.98 Å². The van der Waals surface area contributed by atoms with Crippen LogP contribution >= 0.6 is 0 Å². The number of nitro benzene ring substituents is 1. The topological polar surface area (TPSA) is 96.7 Å². The van der Waals surface area contributed by atoms with Gasteiger partial charge in [-0.05, 0) is 13.0 Å². The second-order valence-electron chi connectivity index (χ2n) is 3.54. The van der Waals surface area contributed by atoms with Crippen LogP contribution < -0.4 is 5.32 Å².